The van der Waals surface area contributed by atoms with Gasteiger partial charge in [-0.3, -0.25) is 4.79 Å². The number of ether oxygens (including phenoxy) is 1. The number of para-hydroxylation sites is 2. The van der Waals surface area contributed by atoms with Crippen LogP contribution in [0.25, 0.3) is 0 Å². The van der Waals surface area contributed by atoms with Gasteiger partial charge in [-0.1, -0.05) is 39.7 Å². The van der Waals surface area contributed by atoms with Crippen LogP contribution in [0.4, 0.5) is 5.69 Å². The van der Waals surface area contributed by atoms with E-state index in [4.69, 9.17) is 16.3 Å². The summed E-state index contributed by atoms with van der Waals surface area (Å²) in [4.78, 5) is 12.4. The van der Waals surface area contributed by atoms with E-state index in [0.29, 0.717) is 22.0 Å². The first-order valence-corrected chi connectivity index (χ1v) is 7.66. The summed E-state index contributed by atoms with van der Waals surface area (Å²) in [5.41, 5.74) is 1.03. The molecule has 21 heavy (non-hydrogen) atoms. The van der Waals surface area contributed by atoms with Crippen molar-refractivity contribution in [2.75, 3.05) is 5.32 Å². The first-order valence-electron chi connectivity index (χ1n) is 6.49. The van der Waals surface area contributed by atoms with E-state index in [2.05, 4.69) is 21.2 Å². The molecule has 3 nitrogen and oxygen atoms in total. The lowest BCUT2D eigenvalue weighted by atomic mass is 10.2. The molecule has 0 saturated carbocycles. The van der Waals surface area contributed by atoms with Crippen molar-refractivity contribution in [2.45, 2.75) is 20.0 Å². The topological polar surface area (TPSA) is 38.3 Å². The van der Waals surface area contributed by atoms with Gasteiger partial charge in [-0.25, -0.2) is 0 Å². The highest BCUT2D eigenvalue weighted by atomic mass is 79.9. The van der Waals surface area contributed by atoms with E-state index in [1.54, 1.807) is 24.3 Å². The molecule has 0 aromatic heterocycles. The Morgan fingerprint density at radius 3 is 2.67 bits per heavy atom. The maximum atomic E-state index is 12.4. The number of anilines is 1. The Balaban J connectivity index is 2.25. The summed E-state index contributed by atoms with van der Waals surface area (Å²) < 4.78 is 6.47. The summed E-state index contributed by atoms with van der Waals surface area (Å²) in [6, 6.07) is 12.5. The van der Waals surface area contributed by atoms with Crippen LogP contribution in [0.15, 0.2) is 46.9 Å². The zero-order chi connectivity index (χ0) is 15.4. The van der Waals surface area contributed by atoms with Gasteiger partial charge in [-0.05, 0) is 44.2 Å². The molecule has 2 aromatic carbocycles. The monoisotopic (exact) mass is 367 g/mol. The van der Waals surface area contributed by atoms with Crippen LogP contribution >= 0.6 is 27.5 Å². The second kappa shape index (κ2) is 6.96. The molecule has 0 aliphatic rings. The molecule has 2 rings (SSSR count). The average Bonchev–Trinajstić information content (AvgIpc) is 2.43. The highest BCUT2D eigenvalue weighted by molar-refractivity contribution is 9.10. The number of benzene rings is 2. The van der Waals surface area contributed by atoms with Crippen LogP contribution in [0.3, 0.4) is 0 Å². The normalized spacial score (nSPS) is 10.5. The number of nitrogens with one attached hydrogen (secondary N) is 1. The Labute approximate surface area is 137 Å². The molecular formula is C16H15BrClNO2. The molecule has 2 aromatic rings. The van der Waals surface area contributed by atoms with Crippen molar-refractivity contribution in [1.82, 2.24) is 0 Å². The molecule has 0 atom stereocenters. The van der Waals surface area contributed by atoms with Gasteiger partial charge in [0.1, 0.15) is 5.75 Å². The molecule has 0 unspecified atom stereocenters. The number of rotatable bonds is 4. The number of halogens is 2. The fourth-order valence-corrected chi connectivity index (χ4v) is 2.35. The van der Waals surface area contributed by atoms with Crippen LogP contribution < -0.4 is 10.1 Å². The van der Waals surface area contributed by atoms with Gasteiger partial charge in [-0.2, -0.15) is 0 Å². The molecule has 0 bridgehead atoms. The van der Waals surface area contributed by atoms with Gasteiger partial charge in [0.25, 0.3) is 5.91 Å². The fraction of sp³-hybridized carbons (Fsp3) is 0.188. The lowest BCUT2D eigenvalue weighted by Gasteiger charge is -2.15. The number of carbonyl (C=O) groups excluding carboxylic acids is 1. The van der Waals surface area contributed by atoms with E-state index in [1.807, 2.05) is 32.0 Å². The Kier molecular flexibility index (Phi) is 5.26. The van der Waals surface area contributed by atoms with Crippen LogP contribution in [-0.2, 0) is 0 Å². The summed E-state index contributed by atoms with van der Waals surface area (Å²) in [7, 11) is 0. The molecule has 0 fully saturated rings. The van der Waals surface area contributed by atoms with E-state index >= 15 is 0 Å². The van der Waals surface area contributed by atoms with Crippen LogP contribution in [0.2, 0.25) is 5.02 Å². The zero-order valence-electron chi connectivity index (χ0n) is 11.7. The second-order valence-electron chi connectivity index (χ2n) is 4.74. The van der Waals surface area contributed by atoms with Crippen LogP contribution in [0.1, 0.15) is 24.2 Å². The molecule has 1 amide bonds. The number of hydrogen-bond acceptors (Lipinski definition) is 2. The molecular weight excluding hydrogens is 354 g/mol. The first-order chi connectivity index (χ1) is 9.97. The summed E-state index contributed by atoms with van der Waals surface area (Å²) in [5.74, 6) is 0.355. The summed E-state index contributed by atoms with van der Waals surface area (Å²) in [6.45, 7) is 3.87. The largest absolute Gasteiger partial charge is 0.489 e. The van der Waals surface area contributed by atoms with Gasteiger partial charge in [0.05, 0.1) is 22.4 Å². The van der Waals surface area contributed by atoms with Gasteiger partial charge >= 0.3 is 0 Å². The van der Waals surface area contributed by atoms with E-state index in [1.165, 1.54) is 0 Å². The van der Waals surface area contributed by atoms with E-state index < -0.39 is 0 Å². The number of carbonyl (C=O) groups is 1. The summed E-state index contributed by atoms with van der Waals surface area (Å²) in [6.07, 6.45) is 0.0255. The van der Waals surface area contributed by atoms with Gasteiger partial charge in [0, 0.05) is 4.47 Å². The Morgan fingerprint density at radius 1 is 1.24 bits per heavy atom. The summed E-state index contributed by atoms with van der Waals surface area (Å²) >= 11 is 9.40. The molecule has 1 N–H and O–H groups in total. The predicted octanol–water partition coefficient (Wildman–Crippen LogP) is 5.14. The van der Waals surface area contributed by atoms with Crippen LogP contribution in [0.5, 0.6) is 5.75 Å². The predicted molar refractivity (Wildman–Crippen MR) is 89.3 cm³/mol. The standard InChI is InChI=1S/C16H15BrClNO2/c1-10(2)21-15-6-4-3-5-14(15)19-16(20)12-9-11(17)7-8-13(12)18/h3-10H,1-2H3,(H,19,20). The molecule has 5 heteroatoms. The third-order valence-electron chi connectivity index (χ3n) is 2.67. The van der Waals surface area contributed by atoms with Gasteiger partial charge in [-0.15, -0.1) is 0 Å². The van der Waals surface area contributed by atoms with Crippen molar-refractivity contribution in [3.63, 3.8) is 0 Å². The van der Waals surface area contributed by atoms with E-state index in [9.17, 15) is 4.79 Å². The maximum Gasteiger partial charge on any atom is 0.257 e. The minimum Gasteiger partial charge on any atom is -0.489 e. The molecule has 110 valence electrons. The SMILES string of the molecule is CC(C)Oc1ccccc1NC(=O)c1cc(Br)ccc1Cl. The minimum absolute atomic E-state index is 0.0255. The molecule has 0 aliphatic carbocycles. The first kappa shape index (κ1) is 15.9. The van der Waals surface area contributed by atoms with E-state index in [0.717, 1.165) is 4.47 Å². The van der Waals surface area contributed by atoms with Crippen molar-refractivity contribution in [3.8, 4) is 5.75 Å². The zero-order valence-corrected chi connectivity index (χ0v) is 14.0. The quantitative estimate of drug-likeness (QED) is 0.811. The highest BCUT2D eigenvalue weighted by Crippen LogP contribution is 2.27. The Hall–Kier alpha value is -1.52. The minimum atomic E-state index is -0.277. The maximum absolute atomic E-state index is 12.4. The average molecular weight is 369 g/mol. The summed E-state index contributed by atoms with van der Waals surface area (Å²) in [5, 5.41) is 3.23. The molecule has 0 spiro atoms. The lowest BCUT2D eigenvalue weighted by molar-refractivity contribution is 0.102. The van der Waals surface area contributed by atoms with Gasteiger partial charge in [0.15, 0.2) is 0 Å². The molecule has 0 heterocycles. The highest BCUT2D eigenvalue weighted by Gasteiger charge is 2.13. The van der Waals surface area contributed by atoms with Crippen molar-refractivity contribution < 1.29 is 9.53 Å². The second-order valence-corrected chi connectivity index (χ2v) is 6.06. The number of hydrogen-bond donors (Lipinski definition) is 1. The van der Waals surface area contributed by atoms with Crippen molar-refractivity contribution in [2.24, 2.45) is 0 Å². The van der Waals surface area contributed by atoms with E-state index in [-0.39, 0.29) is 12.0 Å². The van der Waals surface area contributed by atoms with Crippen molar-refractivity contribution >= 4 is 39.1 Å². The Bertz CT molecular complexity index is 658. The molecule has 0 radical (unpaired) electrons. The van der Waals surface area contributed by atoms with Crippen LogP contribution in [0, 0.1) is 0 Å². The third kappa shape index (κ3) is 4.22. The number of amides is 1. The molecule has 0 saturated heterocycles. The van der Waals surface area contributed by atoms with Gasteiger partial charge < -0.3 is 10.1 Å². The third-order valence-corrected chi connectivity index (χ3v) is 3.49. The van der Waals surface area contributed by atoms with Crippen molar-refractivity contribution in [1.29, 1.82) is 0 Å². The van der Waals surface area contributed by atoms with Crippen molar-refractivity contribution in [3.05, 3.63) is 57.5 Å². The smallest absolute Gasteiger partial charge is 0.257 e. The lowest BCUT2D eigenvalue weighted by Crippen LogP contribution is -2.15. The fourth-order valence-electron chi connectivity index (χ4n) is 1.79. The Morgan fingerprint density at radius 2 is 1.95 bits per heavy atom. The molecule has 0 aliphatic heterocycles. The van der Waals surface area contributed by atoms with Gasteiger partial charge in [0.2, 0.25) is 0 Å². The van der Waals surface area contributed by atoms with Crippen LogP contribution in [-0.4, -0.2) is 12.0 Å².